The van der Waals surface area contributed by atoms with Crippen LogP contribution >= 0.6 is 0 Å². The Labute approximate surface area is 183 Å². The number of carbonyl (C=O) groups excluding carboxylic acids is 1. The summed E-state index contributed by atoms with van der Waals surface area (Å²) in [5.74, 6) is 4.64. The van der Waals surface area contributed by atoms with Gasteiger partial charge in [-0.25, -0.2) is 8.78 Å². The molecule has 0 aliphatic rings. The largest absolute Gasteiger partial charge is 0.497 e. The lowest BCUT2D eigenvalue weighted by atomic mass is 10.1. The van der Waals surface area contributed by atoms with Gasteiger partial charge in [0, 0.05) is 18.7 Å². The summed E-state index contributed by atoms with van der Waals surface area (Å²) in [6.45, 7) is -0.0546. The highest BCUT2D eigenvalue weighted by Crippen LogP contribution is 2.32. The number of rotatable bonds is 7. The smallest absolute Gasteiger partial charge is 0.270 e. The third kappa shape index (κ3) is 5.35. The molecule has 1 N–H and O–H groups in total. The molecule has 32 heavy (non-hydrogen) atoms. The predicted molar refractivity (Wildman–Crippen MR) is 114 cm³/mol. The summed E-state index contributed by atoms with van der Waals surface area (Å²) in [5, 5.41) is 7.06. The Morgan fingerprint density at radius 2 is 1.84 bits per heavy atom. The molecule has 1 heterocycles. The Hall–Kier alpha value is -4.06. The second-order valence-electron chi connectivity index (χ2n) is 6.50. The van der Waals surface area contributed by atoms with Gasteiger partial charge in [0.1, 0.15) is 29.6 Å². The van der Waals surface area contributed by atoms with Gasteiger partial charge < -0.3 is 19.5 Å². The summed E-state index contributed by atoms with van der Waals surface area (Å²) in [6, 6.07) is 9.95. The van der Waals surface area contributed by atoms with E-state index in [1.807, 2.05) is 0 Å². The maximum Gasteiger partial charge on any atom is 0.270 e. The van der Waals surface area contributed by atoms with Crippen LogP contribution in [0.5, 0.6) is 17.2 Å². The zero-order valence-corrected chi connectivity index (χ0v) is 17.7. The molecule has 166 valence electrons. The van der Waals surface area contributed by atoms with Gasteiger partial charge in [0.25, 0.3) is 5.91 Å². The molecule has 3 rings (SSSR count). The first kappa shape index (κ1) is 22.6. The summed E-state index contributed by atoms with van der Waals surface area (Å²) in [6.07, 6.45) is 0. The van der Waals surface area contributed by atoms with Crippen LogP contribution in [-0.2, 0) is 7.05 Å². The lowest BCUT2D eigenvalue weighted by Crippen LogP contribution is -2.25. The van der Waals surface area contributed by atoms with Crippen LogP contribution in [0.25, 0.3) is 11.3 Å². The van der Waals surface area contributed by atoms with Gasteiger partial charge in [-0.05, 0) is 36.4 Å². The summed E-state index contributed by atoms with van der Waals surface area (Å²) in [5.41, 5.74) is 1.57. The fourth-order valence-electron chi connectivity index (χ4n) is 2.86. The van der Waals surface area contributed by atoms with Crippen molar-refractivity contribution >= 4 is 5.91 Å². The standard InChI is InChI=1S/C23H21F2N3O4/c1-28-20(14-19(27-28)17-13-16(30-2)7-9-21(17)31-3)23(29)26-10-4-5-11-32-22-8-6-15(24)12-18(22)25/h6-9,12-14H,10-11H2,1-3H3,(H,26,29). The number of hydrogen-bond donors (Lipinski definition) is 1. The molecule has 0 aliphatic carbocycles. The van der Waals surface area contributed by atoms with Crippen molar-refractivity contribution < 1.29 is 27.8 Å². The molecule has 9 heteroatoms. The van der Waals surface area contributed by atoms with Crippen LogP contribution in [0.15, 0.2) is 42.5 Å². The van der Waals surface area contributed by atoms with Gasteiger partial charge in [0.15, 0.2) is 11.6 Å². The van der Waals surface area contributed by atoms with E-state index in [-0.39, 0.29) is 24.8 Å². The topological polar surface area (TPSA) is 74.6 Å². The quantitative estimate of drug-likeness (QED) is 0.570. The number of hydrogen-bond acceptors (Lipinski definition) is 5. The van der Waals surface area contributed by atoms with Gasteiger partial charge in [0.05, 0.1) is 26.5 Å². The SMILES string of the molecule is COc1ccc(OC)c(-c2cc(C(=O)NCC#CCOc3ccc(F)cc3F)n(C)n2)c1. The molecule has 0 saturated heterocycles. The Balaban J connectivity index is 1.60. The van der Waals surface area contributed by atoms with E-state index in [1.165, 1.54) is 10.7 Å². The molecule has 7 nitrogen and oxygen atoms in total. The van der Waals surface area contributed by atoms with Crippen LogP contribution in [0.2, 0.25) is 0 Å². The molecule has 0 bridgehead atoms. The third-order valence-electron chi connectivity index (χ3n) is 4.45. The Bertz CT molecular complexity index is 1180. The lowest BCUT2D eigenvalue weighted by molar-refractivity contribution is 0.0949. The Morgan fingerprint density at radius 1 is 1.06 bits per heavy atom. The van der Waals surface area contributed by atoms with Crippen molar-refractivity contribution in [3.63, 3.8) is 0 Å². The van der Waals surface area contributed by atoms with E-state index in [0.29, 0.717) is 28.5 Å². The van der Waals surface area contributed by atoms with Gasteiger partial charge in [-0.1, -0.05) is 11.8 Å². The van der Waals surface area contributed by atoms with Gasteiger partial charge in [-0.2, -0.15) is 5.10 Å². The molecule has 0 aliphatic heterocycles. The normalized spacial score (nSPS) is 10.2. The molecule has 0 radical (unpaired) electrons. The predicted octanol–water partition coefficient (Wildman–Crippen LogP) is 3.19. The van der Waals surface area contributed by atoms with E-state index in [9.17, 15) is 13.6 Å². The van der Waals surface area contributed by atoms with Crippen LogP contribution in [0.4, 0.5) is 8.78 Å². The van der Waals surface area contributed by atoms with E-state index < -0.39 is 11.6 Å². The molecular formula is C23H21F2N3O4. The molecule has 0 atom stereocenters. The van der Waals surface area contributed by atoms with E-state index in [4.69, 9.17) is 14.2 Å². The van der Waals surface area contributed by atoms with Crippen LogP contribution < -0.4 is 19.5 Å². The van der Waals surface area contributed by atoms with Crippen molar-refractivity contribution in [3.05, 3.63) is 59.8 Å². The first-order valence-corrected chi connectivity index (χ1v) is 9.51. The monoisotopic (exact) mass is 441 g/mol. The maximum absolute atomic E-state index is 13.5. The number of ether oxygens (including phenoxy) is 3. The summed E-state index contributed by atoms with van der Waals surface area (Å²) < 4.78 is 43.6. The number of amides is 1. The van der Waals surface area contributed by atoms with Crippen molar-refractivity contribution in [1.82, 2.24) is 15.1 Å². The van der Waals surface area contributed by atoms with Gasteiger partial charge in [-0.15, -0.1) is 0 Å². The van der Waals surface area contributed by atoms with Crippen molar-refractivity contribution in [2.75, 3.05) is 27.4 Å². The molecule has 0 spiro atoms. The van der Waals surface area contributed by atoms with Crippen molar-refractivity contribution in [2.24, 2.45) is 7.05 Å². The van der Waals surface area contributed by atoms with Crippen molar-refractivity contribution in [1.29, 1.82) is 0 Å². The fourth-order valence-corrected chi connectivity index (χ4v) is 2.86. The lowest BCUT2D eigenvalue weighted by Gasteiger charge is -2.08. The molecule has 1 amide bonds. The Morgan fingerprint density at radius 3 is 2.56 bits per heavy atom. The maximum atomic E-state index is 13.5. The minimum absolute atomic E-state index is 0.0527. The molecule has 0 unspecified atom stereocenters. The first-order valence-electron chi connectivity index (χ1n) is 9.51. The molecule has 1 aromatic heterocycles. The zero-order valence-electron chi connectivity index (χ0n) is 17.7. The van der Waals surface area contributed by atoms with E-state index in [0.717, 1.165) is 12.1 Å². The first-order chi connectivity index (χ1) is 15.4. The van der Waals surface area contributed by atoms with Crippen LogP contribution in [0, 0.1) is 23.5 Å². The molecule has 2 aromatic carbocycles. The number of carbonyl (C=O) groups is 1. The van der Waals surface area contributed by atoms with Crippen LogP contribution in [-0.4, -0.2) is 43.1 Å². The average Bonchev–Trinajstić information content (AvgIpc) is 3.18. The highest BCUT2D eigenvalue weighted by atomic mass is 19.1. The number of halogens is 2. The third-order valence-corrected chi connectivity index (χ3v) is 4.45. The van der Waals surface area contributed by atoms with Crippen molar-refractivity contribution in [3.8, 4) is 40.3 Å². The molecule has 3 aromatic rings. The summed E-state index contributed by atoms with van der Waals surface area (Å²) >= 11 is 0. The van der Waals surface area contributed by atoms with Gasteiger partial charge in [-0.3, -0.25) is 9.48 Å². The summed E-state index contributed by atoms with van der Waals surface area (Å²) in [4.78, 5) is 12.5. The zero-order chi connectivity index (χ0) is 23.1. The average molecular weight is 441 g/mol. The second kappa shape index (κ2) is 10.3. The van der Waals surface area contributed by atoms with Gasteiger partial charge >= 0.3 is 0 Å². The number of nitrogens with one attached hydrogen (secondary N) is 1. The second-order valence-corrected chi connectivity index (χ2v) is 6.50. The van der Waals surface area contributed by atoms with Crippen molar-refractivity contribution in [2.45, 2.75) is 0 Å². The number of methoxy groups -OCH3 is 2. The summed E-state index contributed by atoms with van der Waals surface area (Å²) in [7, 11) is 4.77. The minimum Gasteiger partial charge on any atom is -0.497 e. The van der Waals surface area contributed by atoms with Crippen LogP contribution in [0.1, 0.15) is 10.5 Å². The number of benzene rings is 2. The van der Waals surface area contributed by atoms with E-state index in [2.05, 4.69) is 22.3 Å². The number of nitrogens with zero attached hydrogens (tertiary/aromatic N) is 2. The highest BCUT2D eigenvalue weighted by Gasteiger charge is 2.17. The van der Waals surface area contributed by atoms with E-state index >= 15 is 0 Å². The van der Waals surface area contributed by atoms with E-state index in [1.54, 1.807) is 45.5 Å². The highest BCUT2D eigenvalue weighted by molar-refractivity contribution is 5.94. The molecule has 0 fully saturated rings. The number of aryl methyl sites for hydroxylation is 1. The number of aromatic nitrogens is 2. The fraction of sp³-hybridized carbons (Fsp3) is 0.217. The molecular weight excluding hydrogens is 420 g/mol. The Kier molecular flexibility index (Phi) is 7.29. The minimum atomic E-state index is -0.806. The molecule has 0 saturated carbocycles. The van der Waals surface area contributed by atoms with Gasteiger partial charge in [0.2, 0.25) is 0 Å². The van der Waals surface area contributed by atoms with Crippen LogP contribution in [0.3, 0.4) is 0 Å².